The monoisotopic (exact) mass is 384 g/mol. The third-order valence-electron chi connectivity index (χ3n) is 3.73. The average molecular weight is 385 g/mol. The molecule has 2 heterocycles. The lowest BCUT2D eigenvalue weighted by Crippen LogP contribution is -2.26. The number of para-hydroxylation sites is 2. The summed E-state index contributed by atoms with van der Waals surface area (Å²) >= 11 is 3.40. The van der Waals surface area contributed by atoms with Crippen LogP contribution < -0.4 is 5.32 Å². The lowest BCUT2D eigenvalue weighted by Gasteiger charge is -2.08. The summed E-state index contributed by atoms with van der Waals surface area (Å²) in [5.41, 5.74) is 2.13. The van der Waals surface area contributed by atoms with Crippen molar-refractivity contribution in [1.29, 1.82) is 0 Å². The van der Waals surface area contributed by atoms with Crippen molar-refractivity contribution in [3.63, 3.8) is 0 Å². The normalized spacial score (nSPS) is 12.6. The summed E-state index contributed by atoms with van der Waals surface area (Å²) in [6.45, 7) is 1.82. The van der Waals surface area contributed by atoms with Crippen molar-refractivity contribution in [2.75, 3.05) is 0 Å². The van der Waals surface area contributed by atoms with Gasteiger partial charge in [0, 0.05) is 9.86 Å². The summed E-state index contributed by atoms with van der Waals surface area (Å²) in [6, 6.07) is 14.4. The van der Waals surface area contributed by atoms with Crippen LogP contribution in [0.15, 0.2) is 61.8 Å². The number of amides is 1. The van der Waals surface area contributed by atoms with Crippen molar-refractivity contribution in [2.45, 2.75) is 13.0 Å². The van der Waals surface area contributed by atoms with E-state index >= 15 is 0 Å². The van der Waals surface area contributed by atoms with Crippen LogP contribution >= 0.6 is 15.9 Å². The molecule has 0 aliphatic carbocycles. The second-order valence-electron chi connectivity index (χ2n) is 5.51. The van der Waals surface area contributed by atoms with E-state index < -0.39 is 0 Å². The number of nitrogens with zero attached hydrogens (tertiary/aromatic N) is 1. The minimum Gasteiger partial charge on any atom is -0.451 e. The summed E-state index contributed by atoms with van der Waals surface area (Å²) in [6.07, 6.45) is 0. The highest BCUT2D eigenvalue weighted by Gasteiger charge is 2.19. The van der Waals surface area contributed by atoms with E-state index in [9.17, 15) is 4.79 Å². The SMILES string of the molecule is CC(NC(=O)c1cc2cc(Br)ccc2o1)c1nc2ccccc2o1. The first-order valence-corrected chi connectivity index (χ1v) is 8.25. The first-order valence-electron chi connectivity index (χ1n) is 7.45. The van der Waals surface area contributed by atoms with E-state index in [2.05, 4.69) is 26.2 Å². The Hall–Kier alpha value is -2.60. The Kier molecular flexibility index (Phi) is 3.61. The number of nitrogens with one attached hydrogen (secondary N) is 1. The molecule has 2 aromatic heterocycles. The van der Waals surface area contributed by atoms with Gasteiger partial charge in [0.2, 0.25) is 5.89 Å². The molecule has 2 aromatic carbocycles. The molecule has 1 amide bonds. The maximum absolute atomic E-state index is 12.4. The van der Waals surface area contributed by atoms with Gasteiger partial charge in [0.1, 0.15) is 17.1 Å². The molecule has 24 heavy (non-hydrogen) atoms. The van der Waals surface area contributed by atoms with E-state index in [0.717, 1.165) is 15.4 Å². The molecule has 4 rings (SSSR count). The second kappa shape index (κ2) is 5.79. The van der Waals surface area contributed by atoms with Crippen molar-refractivity contribution in [1.82, 2.24) is 10.3 Å². The number of hydrogen-bond donors (Lipinski definition) is 1. The van der Waals surface area contributed by atoms with Crippen LogP contribution in [0.2, 0.25) is 0 Å². The maximum Gasteiger partial charge on any atom is 0.287 e. The molecule has 0 saturated carbocycles. The van der Waals surface area contributed by atoms with E-state index in [1.54, 1.807) is 6.07 Å². The molecule has 5 nitrogen and oxygen atoms in total. The third kappa shape index (κ3) is 2.69. The van der Waals surface area contributed by atoms with E-state index in [4.69, 9.17) is 8.83 Å². The molecule has 6 heteroatoms. The van der Waals surface area contributed by atoms with E-state index in [1.165, 1.54) is 0 Å². The fraction of sp³-hybridized carbons (Fsp3) is 0.111. The summed E-state index contributed by atoms with van der Waals surface area (Å²) < 4.78 is 12.2. The van der Waals surface area contributed by atoms with Crippen LogP contribution in [0.25, 0.3) is 22.1 Å². The first kappa shape index (κ1) is 15.0. The molecule has 120 valence electrons. The number of benzene rings is 2. The molecule has 4 aromatic rings. The van der Waals surface area contributed by atoms with Crippen LogP contribution in [-0.2, 0) is 0 Å². The summed E-state index contributed by atoms with van der Waals surface area (Å²) in [5, 5.41) is 3.71. The van der Waals surface area contributed by atoms with Crippen molar-refractivity contribution < 1.29 is 13.6 Å². The van der Waals surface area contributed by atoms with E-state index in [1.807, 2.05) is 49.4 Å². The van der Waals surface area contributed by atoms with Crippen LogP contribution in [0.5, 0.6) is 0 Å². The molecule has 1 N–H and O–H groups in total. The second-order valence-corrected chi connectivity index (χ2v) is 6.42. The van der Waals surface area contributed by atoms with Crippen LogP contribution in [-0.4, -0.2) is 10.9 Å². The minimum atomic E-state index is -0.371. The Morgan fingerprint density at radius 2 is 1.96 bits per heavy atom. The lowest BCUT2D eigenvalue weighted by atomic mass is 10.2. The van der Waals surface area contributed by atoms with Gasteiger partial charge in [0.05, 0.1) is 0 Å². The van der Waals surface area contributed by atoms with Crippen molar-refractivity contribution >= 4 is 43.9 Å². The minimum absolute atomic E-state index is 0.256. The fourth-order valence-electron chi connectivity index (χ4n) is 2.53. The summed E-state index contributed by atoms with van der Waals surface area (Å²) in [4.78, 5) is 16.8. The highest BCUT2D eigenvalue weighted by Crippen LogP contribution is 2.24. The van der Waals surface area contributed by atoms with Crippen molar-refractivity contribution in [3.8, 4) is 0 Å². The van der Waals surface area contributed by atoms with Crippen LogP contribution in [0.1, 0.15) is 29.4 Å². The molecule has 0 aliphatic rings. The smallest absolute Gasteiger partial charge is 0.287 e. The predicted molar refractivity (Wildman–Crippen MR) is 93.8 cm³/mol. The molecular weight excluding hydrogens is 372 g/mol. The predicted octanol–water partition coefficient (Wildman–Crippen LogP) is 4.83. The van der Waals surface area contributed by atoms with Gasteiger partial charge in [-0.25, -0.2) is 4.98 Å². The van der Waals surface area contributed by atoms with Crippen molar-refractivity contribution in [3.05, 3.63) is 64.7 Å². The topological polar surface area (TPSA) is 68.3 Å². The highest BCUT2D eigenvalue weighted by molar-refractivity contribution is 9.10. The Morgan fingerprint density at radius 1 is 1.12 bits per heavy atom. The van der Waals surface area contributed by atoms with Gasteiger partial charge in [-0.2, -0.15) is 0 Å². The van der Waals surface area contributed by atoms with Crippen LogP contribution in [0, 0.1) is 0 Å². The first-order chi connectivity index (χ1) is 11.6. The number of carbonyl (C=O) groups excluding carboxylic acids is 1. The maximum atomic E-state index is 12.4. The average Bonchev–Trinajstić information content (AvgIpc) is 3.18. The molecule has 0 spiro atoms. The molecule has 1 unspecified atom stereocenters. The largest absolute Gasteiger partial charge is 0.451 e. The zero-order chi connectivity index (χ0) is 16.7. The van der Waals surface area contributed by atoms with Gasteiger partial charge in [-0.3, -0.25) is 4.79 Å². The van der Waals surface area contributed by atoms with Gasteiger partial charge in [-0.05, 0) is 43.3 Å². The Bertz CT molecular complexity index is 1020. The number of hydrogen-bond acceptors (Lipinski definition) is 4. The number of furan rings is 1. The standard InChI is InChI=1S/C18H13BrN2O3/c1-10(18-21-13-4-2-3-5-15(13)24-18)20-17(22)16-9-11-8-12(19)6-7-14(11)23-16/h2-10H,1H3,(H,20,22). The number of fused-ring (bicyclic) bond motifs is 2. The molecule has 0 bridgehead atoms. The molecule has 0 fully saturated rings. The Labute approximate surface area is 145 Å². The molecule has 0 aliphatic heterocycles. The fourth-order valence-corrected chi connectivity index (χ4v) is 2.91. The number of rotatable bonds is 3. The van der Waals surface area contributed by atoms with Gasteiger partial charge in [-0.1, -0.05) is 28.1 Å². The molecule has 0 saturated heterocycles. The van der Waals surface area contributed by atoms with E-state index in [0.29, 0.717) is 17.1 Å². The number of halogens is 1. The third-order valence-corrected chi connectivity index (χ3v) is 4.22. The quantitative estimate of drug-likeness (QED) is 0.549. The van der Waals surface area contributed by atoms with Gasteiger partial charge in [0.15, 0.2) is 11.3 Å². The van der Waals surface area contributed by atoms with E-state index in [-0.39, 0.29) is 17.7 Å². The van der Waals surface area contributed by atoms with Gasteiger partial charge in [0.25, 0.3) is 5.91 Å². The Morgan fingerprint density at radius 3 is 2.79 bits per heavy atom. The summed E-state index contributed by atoms with van der Waals surface area (Å²) in [5.74, 6) is 0.409. The van der Waals surface area contributed by atoms with Gasteiger partial charge in [-0.15, -0.1) is 0 Å². The van der Waals surface area contributed by atoms with Gasteiger partial charge < -0.3 is 14.2 Å². The number of oxazole rings is 1. The van der Waals surface area contributed by atoms with Crippen LogP contribution in [0.3, 0.4) is 0 Å². The molecular formula is C18H13BrN2O3. The molecule has 0 radical (unpaired) electrons. The van der Waals surface area contributed by atoms with Gasteiger partial charge >= 0.3 is 0 Å². The number of aromatic nitrogens is 1. The Balaban J connectivity index is 1.57. The zero-order valence-electron chi connectivity index (χ0n) is 12.7. The van der Waals surface area contributed by atoms with Crippen LogP contribution in [0.4, 0.5) is 0 Å². The summed E-state index contributed by atoms with van der Waals surface area (Å²) in [7, 11) is 0. The zero-order valence-corrected chi connectivity index (χ0v) is 14.3. The van der Waals surface area contributed by atoms with Crippen molar-refractivity contribution in [2.24, 2.45) is 0 Å². The highest BCUT2D eigenvalue weighted by atomic mass is 79.9. The number of carbonyl (C=O) groups is 1. The lowest BCUT2D eigenvalue weighted by molar-refractivity contribution is 0.0908. The molecule has 1 atom stereocenters.